The molecule has 6 nitrogen and oxygen atoms in total. The maximum Gasteiger partial charge on any atom is 0.347 e. The molecule has 0 amide bonds. The van der Waals surface area contributed by atoms with Gasteiger partial charge in [0, 0.05) is 6.07 Å². The van der Waals surface area contributed by atoms with Crippen LogP contribution in [-0.2, 0) is 4.74 Å². The number of hydrogen-bond acceptors (Lipinski definition) is 6. The van der Waals surface area contributed by atoms with Crippen LogP contribution < -0.4 is 14.2 Å². The Balaban J connectivity index is 2.17. The van der Waals surface area contributed by atoms with Gasteiger partial charge in [0.25, 0.3) is 0 Å². The molecular weight excluding hydrogens is 300 g/mol. The number of methoxy groups -OCH3 is 3. The second-order valence-electron chi connectivity index (χ2n) is 4.47. The predicted octanol–water partition coefficient (Wildman–Crippen LogP) is 2.71. The van der Waals surface area contributed by atoms with Crippen molar-refractivity contribution in [2.75, 3.05) is 21.3 Å². The summed E-state index contributed by atoms with van der Waals surface area (Å²) < 4.78 is 20.1. The first-order valence-corrected chi connectivity index (χ1v) is 6.71. The molecule has 0 atom stereocenters. The number of ether oxygens (including phenoxy) is 4. The highest BCUT2D eigenvalue weighted by Gasteiger charge is 2.16. The zero-order valence-electron chi connectivity index (χ0n) is 13.0. The van der Waals surface area contributed by atoms with Crippen LogP contribution in [0.2, 0.25) is 0 Å². The van der Waals surface area contributed by atoms with Crippen molar-refractivity contribution in [3.8, 4) is 17.2 Å². The van der Waals surface area contributed by atoms with Gasteiger partial charge in [-0.2, -0.15) is 0 Å². The minimum absolute atomic E-state index is 0.269. The Bertz CT molecular complexity index is 706. The number of hydrogen-bond donors (Lipinski definition) is 0. The third-order valence-corrected chi connectivity index (χ3v) is 3.11. The lowest BCUT2D eigenvalue weighted by molar-refractivity contribution is 0.0600. The maximum atomic E-state index is 12.2. The van der Waals surface area contributed by atoms with Crippen LogP contribution in [0.15, 0.2) is 42.5 Å². The van der Waals surface area contributed by atoms with Crippen LogP contribution in [0.5, 0.6) is 17.2 Å². The molecule has 0 aliphatic heterocycles. The molecule has 0 aliphatic rings. The lowest BCUT2D eigenvalue weighted by atomic mass is 10.2. The van der Waals surface area contributed by atoms with E-state index in [4.69, 9.17) is 14.2 Å². The van der Waals surface area contributed by atoms with Crippen LogP contribution >= 0.6 is 0 Å². The normalized spacial score (nSPS) is 9.87. The predicted molar refractivity (Wildman–Crippen MR) is 82.3 cm³/mol. The van der Waals surface area contributed by atoms with Crippen molar-refractivity contribution in [2.24, 2.45) is 0 Å². The molecule has 2 rings (SSSR count). The SMILES string of the molecule is COC(=O)c1ccc(OC(=O)c2ccc(OC)cc2OC)cc1. The maximum absolute atomic E-state index is 12.2. The number of esters is 2. The van der Waals surface area contributed by atoms with E-state index in [1.807, 2.05) is 0 Å². The Hall–Kier alpha value is -3.02. The van der Waals surface area contributed by atoms with Crippen molar-refractivity contribution in [1.29, 1.82) is 0 Å². The van der Waals surface area contributed by atoms with Crippen LogP contribution in [0, 0.1) is 0 Å². The van der Waals surface area contributed by atoms with E-state index >= 15 is 0 Å². The molecular formula is C17H16O6. The van der Waals surface area contributed by atoms with E-state index in [0.717, 1.165) is 0 Å². The summed E-state index contributed by atoms with van der Waals surface area (Å²) in [7, 11) is 4.28. The van der Waals surface area contributed by atoms with Gasteiger partial charge in [-0.25, -0.2) is 9.59 Å². The van der Waals surface area contributed by atoms with Crippen LogP contribution in [-0.4, -0.2) is 33.3 Å². The monoisotopic (exact) mass is 316 g/mol. The smallest absolute Gasteiger partial charge is 0.347 e. The van der Waals surface area contributed by atoms with E-state index in [1.165, 1.54) is 45.6 Å². The standard InChI is InChI=1S/C17H16O6/c1-20-13-8-9-14(15(10-13)21-2)17(19)23-12-6-4-11(5-7-12)16(18)22-3/h4-10H,1-3H3. The summed E-state index contributed by atoms with van der Waals surface area (Å²) in [6.07, 6.45) is 0. The minimum Gasteiger partial charge on any atom is -0.497 e. The lowest BCUT2D eigenvalue weighted by Crippen LogP contribution is -2.10. The Morgan fingerprint density at radius 1 is 0.783 bits per heavy atom. The van der Waals surface area contributed by atoms with Gasteiger partial charge in [0.15, 0.2) is 0 Å². The van der Waals surface area contributed by atoms with Gasteiger partial charge >= 0.3 is 11.9 Å². The van der Waals surface area contributed by atoms with Crippen molar-refractivity contribution < 1.29 is 28.5 Å². The van der Waals surface area contributed by atoms with E-state index in [9.17, 15) is 9.59 Å². The molecule has 0 heterocycles. The first-order chi connectivity index (χ1) is 11.1. The molecule has 0 aliphatic carbocycles. The van der Waals surface area contributed by atoms with Gasteiger partial charge in [-0.05, 0) is 36.4 Å². The second kappa shape index (κ2) is 7.31. The molecule has 2 aromatic carbocycles. The van der Waals surface area contributed by atoms with Crippen molar-refractivity contribution in [2.45, 2.75) is 0 Å². The summed E-state index contributed by atoms with van der Waals surface area (Å²) in [5.41, 5.74) is 0.639. The number of rotatable bonds is 5. The Labute approximate surface area is 133 Å². The summed E-state index contributed by atoms with van der Waals surface area (Å²) >= 11 is 0. The molecule has 0 saturated heterocycles. The van der Waals surface area contributed by atoms with Gasteiger partial charge in [0.2, 0.25) is 0 Å². The van der Waals surface area contributed by atoms with Gasteiger partial charge in [-0.15, -0.1) is 0 Å². The van der Waals surface area contributed by atoms with Gasteiger partial charge < -0.3 is 18.9 Å². The molecule has 0 N–H and O–H groups in total. The number of carbonyl (C=O) groups excluding carboxylic acids is 2. The van der Waals surface area contributed by atoms with Crippen molar-refractivity contribution >= 4 is 11.9 Å². The average Bonchev–Trinajstić information content (AvgIpc) is 2.60. The molecule has 0 spiro atoms. The fourth-order valence-corrected chi connectivity index (χ4v) is 1.91. The summed E-state index contributed by atoms with van der Waals surface area (Å²) in [4.78, 5) is 23.6. The topological polar surface area (TPSA) is 71.1 Å². The lowest BCUT2D eigenvalue weighted by Gasteiger charge is -2.10. The molecule has 0 saturated carbocycles. The van der Waals surface area contributed by atoms with Gasteiger partial charge in [-0.1, -0.05) is 0 Å². The van der Waals surface area contributed by atoms with Crippen molar-refractivity contribution in [1.82, 2.24) is 0 Å². The Morgan fingerprint density at radius 2 is 1.43 bits per heavy atom. The molecule has 0 radical (unpaired) electrons. The van der Waals surface area contributed by atoms with Crippen LogP contribution in [0.25, 0.3) is 0 Å². The first-order valence-electron chi connectivity index (χ1n) is 6.71. The largest absolute Gasteiger partial charge is 0.497 e. The minimum atomic E-state index is -0.574. The third kappa shape index (κ3) is 3.79. The van der Waals surface area contributed by atoms with E-state index in [1.54, 1.807) is 18.2 Å². The van der Waals surface area contributed by atoms with E-state index in [0.29, 0.717) is 22.8 Å². The summed E-state index contributed by atoms with van der Waals surface area (Å²) in [6, 6.07) is 10.8. The highest BCUT2D eigenvalue weighted by atomic mass is 16.5. The van der Waals surface area contributed by atoms with E-state index in [2.05, 4.69) is 4.74 Å². The molecule has 0 unspecified atom stereocenters. The van der Waals surface area contributed by atoms with Crippen molar-refractivity contribution in [3.05, 3.63) is 53.6 Å². The summed E-state index contributed by atoms with van der Waals surface area (Å²) in [5.74, 6) is 0.192. The van der Waals surface area contributed by atoms with Crippen molar-refractivity contribution in [3.63, 3.8) is 0 Å². The summed E-state index contributed by atoms with van der Waals surface area (Å²) in [5, 5.41) is 0. The summed E-state index contributed by atoms with van der Waals surface area (Å²) in [6.45, 7) is 0. The van der Waals surface area contributed by atoms with Gasteiger partial charge in [-0.3, -0.25) is 0 Å². The molecule has 120 valence electrons. The molecule has 6 heteroatoms. The molecule has 0 aromatic heterocycles. The highest BCUT2D eigenvalue weighted by molar-refractivity contribution is 5.94. The molecule has 0 fully saturated rings. The third-order valence-electron chi connectivity index (χ3n) is 3.11. The zero-order chi connectivity index (χ0) is 16.8. The van der Waals surface area contributed by atoms with Gasteiger partial charge in [0.05, 0.1) is 26.9 Å². The highest BCUT2D eigenvalue weighted by Crippen LogP contribution is 2.26. The Kier molecular flexibility index (Phi) is 5.19. The first kappa shape index (κ1) is 16.4. The second-order valence-corrected chi connectivity index (χ2v) is 4.47. The van der Waals surface area contributed by atoms with Crippen LogP contribution in [0.3, 0.4) is 0 Å². The quantitative estimate of drug-likeness (QED) is 0.624. The van der Waals surface area contributed by atoms with E-state index in [-0.39, 0.29) is 5.56 Å². The average molecular weight is 316 g/mol. The van der Waals surface area contributed by atoms with E-state index < -0.39 is 11.9 Å². The van der Waals surface area contributed by atoms with Gasteiger partial charge in [0.1, 0.15) is 22.8 Å². The number of carbonyl (C=O) groups is 2. The van der Waals surface area contributed by atoms with Crippen LogP contribution in [0.1, 0.15) is 20.7 Å². The molecule has 0 bridgehead atoms. The molecule has 23 heavy (non-hydrogen) atoms. The Morgan fingerprint density at radius 3 is 2.00 bits per heavy atom. The van der Waals surface area contributed by atoms with Crippen LogP contribution in [0.4, 0.5) is 0 Å². The fraction of sp³-hybridized carbons (Fsp3) is 0.176. The molecule has 2 aromatic rings. The number of benzene rings is 2. The fourth-order valence-electron chi connectivity index (χ4n) is 1.91. The zero-order valence-corrected chi connectivity index (χ0v) is 13.0.